The number of carbonyl (C=O) groups excluding carboxylic acids is 3. The first-order chi connectivity index (χ1) is 7.52. The fourth-order valence-corrected chi connectivity index (χ4v) is 1.09. The van der Waals surface area contributed by atoms with Crippen LogP contribution in [0.4, 0.5) is 4.79 Å². The zero-order valence-electron chi connectivity index (χ0n) is 9.23. The van der Waals surface area contributed by atoms with Gasteiger partial charge >= 0.3 is 6.03 Å². The predicted octanol–water partition coefficient (Wildman–Crippen LogP) is -0.260. The maximum Gasteiger partial charge on any atom is 0.324 e. The summed E-state index contributed by atoms with van der Waals surface area (Å²) in [5, 5.41) is 1.82. The summed E-state index contributed by atoms with van der Waals surface area (Å²) in [7, 11) is 0. The van der Waals surface area contributed by atoms with Crippen LogP contribution in [0.25, 0.3) is 0 Å². The van der Waals surface area contributed by atoms with Gasteiger partial charge in [0.15, 0.2) is 0 Å². The van der Waals surface area contributed by atoms with Crippen molar-refractivity contribution in [2.24, 2.45) is 5.73 Å². The van der Waals surface area contributed by atoms with Crippen LogP contribution in [0.1, 0.15) is 19.8 Å². The third kappa shape index (κ3) is 5.72. The standard InChI is InChI=1S/C9H17N3O3S/c1-2-3-4-12(7(13)5-10)9(15)11-6-8(14)16/h2-6,10H2,1H3,(H,11,15)(H,14,16). The van der Waals surface area contributed by atoms with E-state index in [0.29, 0.717) is 13.0 Å². The molecule has 0 aliphatic heterocycles. The maximum atomic E-state index is 11.5. The van der Waals surface area contributed by atoms with E-state index in [-0.39, 0.29) is 13.1 Å². The second-order valence-corrected chi connectivity index (χ2v) is 3.65. The first-order valence-corrected chi connectivity index (χ1v) is 5.47. The van der Waals surface area contributed by atoms with Crippen molar-refractivity contribution >= 4 is 29.7 Å². The number of thiol groups is 1. The Labute approximate surface area is 99.9 Å². The molecule has 3 N–H and O–H groups in total. The number of unbranched alkanes of at least 4 members (excludes halogenated alkanes) is 1. The number of nitrogens with zero attached hydrogens (tertiary/aromatic N) is 1. The van der Waals surface area contributed by atoms with Crippen molar-refractivity contribution in [3.8, 4) is 0 Å². The summed E-state index contributed by atoms with van der Waals surface area (Å²) in [4.78, 5) is 34.4. The molecule has 0 rings (SSSR count). The fraction of sp³-hybridized carbons (Fsp3) is 0.667. The van der Waals surface area contributed by atoms with Crippen molar-refractivity contribution in [2.45, 2.75) is 19.8 Å². The quantitative estimate of drug-likeness (QED) is 0.564. The number of hydrogen-bond acceptors (Lipinski definition) is 4. The highest BCUT2D eigenvalue weighted by atomic mass is 32.1. The molecule has 0 aromatic rings. The summed E-state index contributed by atoms with van der Waals surface area (Å²) in [6.45, 7) is 1.81. The van der Waals surface area contributed by atoms with Gasteiger partial charge in [0.05, 0.1) is 13.1 Å². The summed E-state index contributed by atoms with van der Waals surface area (Å²) < 4.78 is 0. The molecular formula is C9H17N3O3S. The Morgan fingerprint density at radius 3 is 2.44 bits per heavy atom. The second-order valence-electron chi connectivity index (χ2n) is 3.16. The Bertz CT molecular complexity index is 271. The minimum Gasteiger partial charge on any atom is -0.330 e. The Balaban J connectivity index is 4.31. The number of urea groups is 1. The van der Waals surface area contributed by atoms with E-state index >= 15 is 0 Å². The van der Waals surface area contributed by atoms with E-state index in [1.54, 1.807) is 0 Å². The van der Waals surface area contributed by atoms with Crippen molar-refractivity contribution < 1.29 is 14.4 Å². The largest absolute Gasteiger partial charge is 0.330 e. The molecule has 0 aliphatic rings. The summed E-state index contributed by atoms with van der Waals surface area (Å²) >= 11 is 3.50. The highest BCUT2D eigenvalue weighted by molar-refractivity contribution is 7.96. The highest BCUT2D eigenvalue weighted by Gasteiger charge is 2.19. The van der Waals surface area contributed by atoms with Crippen LogP contribution in [0.3, 0.4) is 0 Å². The van der Waals surface area contributed by atoms with Gasteiger partial charge < -0.3 is 11.1 Å². The monoisotopic (exact) mass is 247 g/mol. The van der Waals surface area contributed by atoms with E-state index in [1.165, 1.54) is 0 Å². The van der Waals surface area contributed by atoms with Crippen molar-refractivity contribution in [1.82, 2.24) is 10.2 Å². The summed E-state index contributed by atoms with van der Waals surface area (Å²) in [5.74, 6) is -0.461. The van der Waals surface area contributed by atoms with Gasteiger partial charge in [0.25, 0.3) is 0 Å². The molecule has 0 heterocycles. The van der Waals surface area contributed by atoms with Gasteiger partial charge in [0.1, 0.15) is 0 Å². The molecule has 0 aromatic heterocycles. The number of amides is 3. The van der Waals surface area contributed by atoms with Gasteiger partial charge in [0, 0.05) is 6.54 Å². The lowest BCUT2D eigenvalue weighted by Gasteiger charge is -2.19. The molecule has 0 atom stereocenters. The molecule has 0 fully saturated rings. The Kier molecular flexibility index (Phi) is 7.57. The van der Waals surface area contributed by atoms with Gasteiger partial charge in [-0.25, -0.2) is 4.79 Å². The highest BCUT2D eigenvalue weighted by Crippen LogP contribution is 1.96. The Morgan fingerprint density at radius 1 is 1.38 bits per heavy atom. The third-order valence-corrected chi connectivity index (χ3v) is 2.01. The molecule has 16 heavy (non-hydrogen) atoms. The number of carbonyl (C=O) groups is 3. The molecule has 92 valence electrons. The molecule has 0 spiro atoms. The van der Waals surface area contributed by atoms with Gasteiger partial charge in [0.2, 0.25) is 11.0 Å². The second kappa shape index (κ2) is 8.12. The van der Waals surface area contributed by atoms with Gasteiger partial charge in [-0.1, -0.05) is 13.3 Å². The number of rotatable bonds is 6. The predicted molar refractivity (Wildman–Crippen MR) is 63.1 cm³/mol. The topological polar surface area (TPSA) is 92.5 Å². The van der Waals surface area contributed by atoms with E-state index in [0.717, 1.165) is 11.3 Å². The fourth-order valence-electron chi connectivity index (χ4n) is 1.01. The molecule has 0 unspecified atom stereocenters. The molecule has 7 heteroatoms. The number of nitrogens with two attached hydrogens (primary N) is 1. The number of nitrogens with one attached hydrogen (secondary N) is 1. The van der Waals surface area contributed by atoms with E-state index in [4.69, 9.17) is 5.73 Å². The van der Waals surface area contributed by atoms with Crippen LogP contribution in [-0.2, 0) is 9.59 Å². The lowest BCUT2D eigenvalue weighted by molar-refractivity contribution is -0.127. The van der Waals surface area contributed by atoms with Crippen molar-refractivity contribution in [2.75, 3.05) is 19.6 Å². The van der Waals surface area contributed by atoms with E-state index < -0.39 is 17.1 Å². The van der Waals surface area contributed by atoms with E-state index in [1.807, 2.05) is 6.92 Å². The molecule has 0 aromatic carbocycles. The minimum absolute atomic E-state index is 0.206. The van der Waals surface area contributed by atoms with Crippen LogP contribution < -0.4 is 11.1 Å². The summed E-state index contributed by atoms with van der Waals surface area (Å²) in [5.41, 5.74) is 5.19. The lowest BCUT2D eigenvalue weighted by atomic mass is 10.3. The molecule has 0 radical (unpaired) electrons. The first kappa shape index (κ1) is 14.9. The molecule has 0 bridgehead atoms. The summed E-state index contributed by atoms with van der Waals surface area (Å²) in [6.07, 6.45) is 1.56. The van der Waals surface area contributed by atoms with Crippen molar-refractivity contribution in [1.29, 1.82) is 0 Å². The SMILES string of the molecule is CCCCN(C(=O)CN)C(=O)NCC(=O)S. The zero-order valence-corrected chi connectivity index (χ0v) is 10.1. The molecule has 6 nitrogen and oxygen atoms in total. The normalized spacial score (nSPS) is 9.69. The molecule has 3 amide bonds. The van der Waals surface area contributed by atoms with Crippen LogP contribution >= 0.6 is 12.6 Å². The average molecular weight is 247 g/mol. The van der Waals surface area contributed by atoms with E-state index in [9.17, 15) is 14.4 Å². The van der Waals surface area contributed by atoms with Crippen LogP contribution in [-0.4, -0.2) is 41.6 Å². The Morgan fingerprint density at radius 2 is 2.00 bits per heavy atom. The molecule has 0 saturated carbocycles. The van der Waals surface area contributed by atoms with Gasteiger partial charge in [-0.05, 0) is 6.42 Å². The average Bonchev–Trinajstić information content (AvgIpc) is 2.26. The van der Waals surface area contributed by atoms with Crippen molar-refractivity contribution in [3.05, 3.63) is 0 Å². The van der Waals surface area contributed by atoms with E-state index in [2.05, 4.69) is 17.9 Å². The van der Waals surface area contributed by atoms with Crippen LogP contribution in [0.5, 0.6) is 0 Å². The van der Waals surface area contributed by atoms with Gasteiger partial charge in [-0.3, -0.25) is 14.5 Å². The lowest BCUT2D eigenvalue weighted by Crippen LogP contribution is -2.47. The molecular weight excluding hydrogens is 230 g/mol. The van der Waals surface area contributed by atoms with Crippen LogP contribution in [0.2, 0.25) is 0 Å². The number of imide groups is 1. The maximum absolute atomic E-state index is 11.5. The first-order valence-electron chi connectivity index (χ1n) is 5.03. The molecule has 0 saturated heterocycles. The van der Waals surface area contributed by atoms with Crippen LogP contribution in [0, 0.1) is 0 Å². The third-order valence-electron chi connectivity index (χ3n) is 1.85. The smallest absolute Gasteiger partial charge is 0.324 e. The van der Waals surface area contributed by atoms with Crippen molar-refractivity contribution in [3.63, 3.8) is 0 Å². The minimum atomic E-state index is -0.605. The molecule has 0 aliphatic carbocycles. The zero-order chi connectivity index (χ0) is 12.6. The summed E-state index contributed by atoms with van der Waals surface area (Å²) in [6, 6.07) is -0.605. The van der Waals surface area contributed by atoms with Gasteiger partial charge in [-0.2, -0.15) is 0 Å². The Hall–Kier alpha value is -1.08. The van der Waals surface area contributed by atoms with Gasteiger partial charge in [-0.15, -0.1) is 12.6 Å². The number of hydrogen-bond donors (Lipinski definition) is 3. The van der Waals surface area contributed by atoms with Crippen LogP contribution in [0.15, 0.2) is 0 Å².